The van der Waals surface area contributed by atoms with Gasteiger partial charge in [0.2, 0.25) is 0 Å². The van der Waals surface area contributed by atoms with Crippen LogP contribution in [0.3, 0.4) is 0 Å². The highest BCUT2D eigenvalue weighted by Crippen LogP contribution is 2.31. The number of benzene rings is 1. The van der Waals surface area contributed by atoms with Crippen molar-refractivity contribution >= 4 is 33.8 Å². The highest BCUT2D eigenvalue weighted by molar-refractivity contribution is 7.10. The smallest absolute Gasteiger partial charge is 0.0835 e. The average molecular weight is 275 g/mol. The highest BCUT2D eigenvalue weighted by Gasteiger charge is 2.15. The molecule has 1 atom stereocenters. The first-order valence-corrected chi connectivity index (χ1v) is 6.85. The highest BCUT2D eigenvalue weighted by atomic mass is 35.5. The van der Waals surface area contributed by atoms with Crippen molar-refractivity contribution in [2.24, 2.45) is 5.73 Å². The zero-order valence-corrected chi connectivity index (χ0v) is 11.1. The van der Waals surface area contributed by atoms with Crippen LogP contribution < -0.4 is 5.73 Å². The SMILES string of the molecule is NC(c1ccc2ccccc2n1)c1sccc1Cl. The number of nitrogens with two attached hydrogens (primary N) is 1. The van der Waals surface area contributed by atoms with Gasteiger partial charge in [-0.15, -0.1) is 11.3 Å². The van der Waals surface area contributed by atoms with Gasteiger partial charge in [-0.25, -0.2) is 0 Å². The van der Waals surface area contributed by atoms with Gasteiger partial charge in [0.15, 0.2) is 0 Å². The van der Waals surface area contributed by atoms with Crippen molar-refractivity contribution in [1.29, 1.82) is 0 Å². The van der Waals surface area contributed by atoms with Crippen LogP contribution in [0.1, 0.15) is 16.6 Å². The van der Waals surface area contributed by atoms with E-state index in [1.807, 2.05) is 47.8 Å². The molecule has 0 radical (unpaired) electrons. The van der Waals surface area contributed by atoms with Gasteiger partial charge in [0.25, 0.3) is 0 Å². The van der Waals surface area contributed by atoms with Crippen LogP contribution in [0, 0.1) is 0 Å². The summed E-state index contributed by atoms with van der Waals surface area (Å²) in [6, 6.07) is 13.6. The van der Waals surface area contributed by atoms with Crippen molar-refractivity contribution in [2.45, 2.75) is 6.04 Å². The van der Waals surface area contributed by atoms with Crippen LogP contribution in [-0.2, 0) is 0 Å². The molecule has 0 spiro atoms. The molecule has 1 unspecified atom stereocenters. The Morgan fingerprint density at radius 2 is 1.94 bits per heavy atom. The summed E-state index contributed by atoms with van der Waals surface area (Å²) < 4.78 is 0. The van der Waals surface area contributed by atoms with Crippen LogP contribution in [0.5, 0.6) is 0 Å². The van der Waals surface area contributed by atoms with Crippen LogP contribution in [0.15, 0.2) is 47.8 Å². The maximum atomic E-state index is 6.22. The molecule has 2 aromatic heterocycles. The van der Waals surface area contributed by atoms with Gasteiger partial charge < -0.3 is 5.73 Å². The Kier molecular flexibility index (Phi) is 3.04. The summed E-state index contributed by atoms with van der Waals surface area (Å²) in [6.45, 7) is 0. The normalized spacial score (nSPS) is 12.8. The third-order valence-corrected chi connectivity index (χ3v) is 4.31. The monoisotopic (exact) mass is 274 g/mol. The summed E-state index contributed by atoms with van der Waals surface area (Å²) >= 11 is 7.67. The lowest BCUT2D eigenvalue weighted by molar-refractivity contribution is 0.855. The quantitative estimate of drug-likeness (QED) is 0.767. The third kappa shape index (κ3) is 2.01. The zero-order valence-electron chi connectivity index (χ0n) is 9.51. The van der Waals surface area contributed by atoms with Crippen LogP contribution in [0.25, 0.3) is 10.9 Å². The Bertz CT molecular complexity index is 693. The number of pyridine rings is 1. The largest absolute Gasteiger partial charge is 0.318 e. The molecule has 0 fully saturated rings. The minimum absolute atomic E-state index is 0.262. The molecule has 3 rings (SSSR count). The van der Waals surface area contributed by atoms with Crippen molar-refractivity contribution in [2.75, 3.05) is 0 Å². The summed E-state index contributed by atoms with van der Waals surface area (Å²) in [5, 5.41) is 3.77. The van der Waals surface area contributed by atoms with Crippen molar-refractivity contribution in [3.8, 4) is 0 Å². The second-order valence-corrected chi connectivity index (χ2v) is 5.39. The molecule has 0 saturated carbocycles. The zero-order chi connectivity index (χ0) is 12.5. The lowest BCUT2D eigenvalue weighted by atomic mass is 10.1. The second-order valence-electron chi connectivity index (χ2n) is 4.04. The molecule has 0 aliphatic heterocycles. The van der Waals surface area contributed by atoms with Gasteiger partial charge >= 0.3 is 0 Å². The number of halogens is 1. The van der Waals surface area contributed by atoms with E-state index in [2.05, 4.69) is 4.98 Å². The topological polar surface area (TPSA) is 38.9 Å². The van der Waals surface area contributed by atoms with Crippen LogP contribution >= 0.6 is 22.9 Å². The third-order valence-electron chi connectivity index (χ3n) is 2.87. The standard InChI is InChI=1S/C14H11ClN2S/c15-10-7-8-18-14(10)13(16)12-6-5-9-3-1-2-4-11(9)17-12/h1-8,13H,16H2. The van der Waals surface area contributed by atoms with Crippen LogP contribution in [-0.4, -0.2) is 4.98 Å². The molecule has 0 saturated heterocycles. The average Bonchev–Trinajstić information content (AvgIpc) is 2.83. The molecule has 0 aliphatic carbocycles. The molecule has 1 aromatic carbocycles. The van der Waals surface area contributed by atoms with E-state index < -0.39 is 0 Å². The van der Waals surface area contributed by atoms with Gasteiger partial charge in [-0.2, -0.15) is 0 Å². The minimum Gasteiger partial charge on any atom is -0.318 e. The fourth-order valence-electron chi connectivity index (χ4n) is 1.92. The molecular weight excluding hydrogens is 264 g/mol. The Morgan fingerprint density at radius 3 is 2.72 bits per heavy atom. The summed E-state index contributed by atoms with van der Waals surface area (Å²) in [6.07, 6.45) is 0. The minimum atomic E-state index is -0.262. The van der Waals surface area contributed by atoms with E-state index in [-0.39, 0.29) is 6.04 Å². The fraction of sp³-hybridized carbons (Fsp3) is 0.0714. The number of nitrogens with zero attached hydrogens (tertiary/aromatic N) is 1. The van der Waals surface area contributed by atoms with Gasteiger partial charge in [-0.05, 0) is 23.6 Å². The molecule has 90 valence electrons. The van der Waals surface area contributed by atoms with Crippen molar-refractivity contribution in [3.05, 3.63) is 63.4 Å². The molecule has 0 bridgehead atoms. The summed E-state index contributed by atoms with van der Waals surface area (Å²) in [7, 11) is 0. The molecule has 4 heteroatoms. The summed E-state index contributed by atoms with van der Waals surface area (Å²) in [4.78, 5) is 5.55. The van der Waals surface area contributed by atoms with E-state index in [0.29, 0.717) is 5.02 Å². The second kappa shape index (κ2) is 4.69. The predicted octanol–water partition coefficient (Wildman–Crippen LogP) is 4.00. The van der Waals surface area contributed by atoms with Crippen molar-refractivity contribution in [3.63, 3.8) is 0 Å². The number of para-hydroxylation sites is 1. The Labute approximate surface area is 114 Å². The Hall–Kier alpha value is -1.42. The number of thiophene rings is 1. The van der Waals surface area contributed by atoms with Crippen LogP contribution in [0.4, 0.5) is 0 Å². The maximum absolute atomic E-state index is 6.22. The lowest BCUT2D eigenvalue weighted by Gasteiger charge is -2.10. The summed E-state index contributed by atoms with van der Waals surface area (Å²) in [5.41, 5.74) is 8.02. The lowest BCUT2D eigenvalue weighted by Crippen LogP contribution is -2.12. The van der Waals surface area contributed by atoms with E-state index in [9.17, 15) is 0 Å². The van der Waals surface area contributed by atoms with Gasteiger partial charge in [-0.3, -0.25) is 4.98 Å². The molecule has 0 aliphatic rings. The van der Waals surface area contributed by atoms with Crippen molar-refractivity contribution < 1.29 is 0 Å². The van der Waals surface area contributed by atoms with Crippen LogP contribution in [0.2, 0.25) is 5.02 Å². The first-order valence-electron chi connectivity index (χ1n) is 5.60. The predicted molar refractivity (Wildman–Crippen MR) is 77.1 cm³/mol. The Balaban J connectivity index is 2.07. The number of fused-ring (bicyclic) bond motifs is 1. The number of hydrogen-bond donors (Lipinski definition) is 1. The van der Waals surface area contributed by atoms with E-state index >= 15 is 0 Å². The number of hydrogen-bond acceptors (Lipinski definition) is 3. The van der Waals surface area contributed by atoms with E-state index in [4.69, 9.17) is 17.3 Å². The van der Waals surface area contributed by atoms with Crippen molar-refractivity contribution in [1.82, 2.24) is 4.98 Å². The fourth-order valence-corrected chi connectivity index (χ4v) is 3.10. The first kappa shape index (κ1) is 11.7. The van der Waals surface area contributed by atoms with Gasteiger partial charge in [0.1, 0.15) is 0 Å². The molecular formula is C14H11ClN2S. The molecule has 2 N–H and O–H groups in total. The molecule has 2 nitrogen and oxygen atoms in total. The summed E-state index contributed by atoms with van der Waals surface area (Å²) in [5.74, 6) is 0. The number of rotatable bonds is 2. The van der Waals surface area contributed by atoms with Gasteiger partial charge in [0.05, 0.1) is 22.3 Å². The van der Waals surface area contributed by atoms with E-state index in [0.717, 1.165) is 21.5 Å². The molecule has 2 heterocycles. The van der Waals surface area contributed by atoms with Gasteiger partial charge in [-0.1, -0.05) is 35.9 Å². The number of aromatic nitrogens is 1. The van der Waals surface area contributed by atoms with Gasteiger partial charge in [0, 0.05) is 10.3 Å². The molecule has 3 aromatic rings. The maximum Gasteiger partial charge on any atom is 0.0835 e. The van der Waals surface area contributed by atoms with E-state index in [1.54, 1.807) is 11.3 Å². The molecule has 18 heavy (non-hydrogen) atoms. The molecule has 0 amide bonds. The first-order chi connectivity index (χ1) is 8.75. The Morgan fingerprint density at radius 1 is 1.11 bits per heavy atom. The van der Waals surface area contributed by atoms with E-state index in [1.165, 1.54) is 0 Å².